The van der Waals surface area contributed by atoms with E-state index in [0.717, 1.165) is 16.8 Å². The molecule has 27 heavy (non-hydrogen) atoms. The van der Waals surface area contributed by atoms with Crippen molar-refractivity contribution in [1.82, 2.24) is 9.97 Å². The largest absolute Gasteiger partial charge is 0.497 e. The van der Waals surface area contributed by atoms with Gasteiger partial charge in [-0.1, -0.05) is 12.1 Å². The predicted molar refractivity (Wildman–Crippen MR) is 101 cm³/mol. The van der Waals surface area contributed by atoms with Gasteiger partial charge in [-0.3, -0.25) is 10.1 Å². The smallest absolute Gasteiger partial charge is 0.373 e. The summed E-state index contributed by atoms with van der Waals surface area (Å²) in [6.45, 7) is 3.85. The summed E-state index contributed by atoms with van der Waals surface area (Å²) in [5.74, 6) is 0.965. The Morgan fingerprint density at radius 3 is 2.41 bits per heavy atom. The summed E-state index contributed by atoms with van der Waals surface area (Å²) < 4.78 is 10.7. The molecule has 0 bridgehead atoms. The van der Waals surface area contributed by atoms with Gasteiger partial charge in [-0.05, 0) is 55.3 Å². The highest BCUT2D eigenvalue weighted by Gasteiger charge is 2.25. The van der Waals surface area contributed by atoms with Gasteiger partial charge in [-0.2, -0.15) is 4.98 Å². The van der Waals surface area contributed by atoms with E-state index in [2.05, 4.69) is 15.3 Å². The number of ether oxygens (including phenoxy) is 2. The molecule has 0 aliphatic rings. The molecule has 0 aliphatic heterocycles. The van der Waals surface area contributed by atoms with Crippen LogP contribution in [0.1, 0.15) is 11.1 Å². The number of methoxy groups -OCH3 is 1. The van der Waals surface area contributed by atoms with Gasteiger partial charge in [-0.25, -0.2) is 4.98 Å². The molecule has 3 rings (SSSR count). The maximum absolute atomic E-state index is 11.7. The lowest BCUT2D eigenvalue weighted by Gasteiger charge is -2.12. The van der Waals surface area contributed by atoms with Gasteiger partial charge in [0.1, 0.15) is 17.8 Å². The Labute approximate surface area is 156 Å². The van der Waals surface area contributed by atoms with Gasteiger partial charge in [0.2, 0.25) is 5.82 Å². The number of aromatic nitrogens is 2. The van der Waals surface area contributed by atoms with Gasteiger partial charge in [-0.15, -0.1) is 0 Å². The van der Waals surface area contributed by atoms with Crippen molar-refractivity contribution in [3.8, 4) is 17.4 Å². The zero-order valence-corrected chi connectivity index (χ0v) is 15.1. The highest BCUT2D eigenvalue weighted by Crippen LogP contribution is 2.36. The van der Waals surface area contributed by atoms with Crippen LogP contribution in [0.3, 0.4) is 0 Å². The molecule has 1 aromatic heterocycles. The second-order valence-corrected chi connectivity index (χ2v) is 5.85. The zero-order chi connectivity index (χ0) is 19.4. The van der Waals surface area contributed by atoms with Crippen LogP contribution in [0.2, 0.25) is 0 Å². The second-order valence-electron chi connectivity index (χ2n) is 5.85. The number of hydrogen-bond donors (Lipinski definition) is 1. The van der Waals surface area contributed by atoms with Crippen LogP contribution in [0.4, 0.5) is 17.2 Å². The van der Waals surface area contributed by atoms with E-state index >= 15 is 0 Å². The number of benzene rings is 2. The third kappa shape index (κ3) is 4.12. The molecule has 0 radical (unpaired) electrons. The Balaban J connectivity index is 1.96. The van der Waals surface area contributed by atoms with Crippen LogP contribution in [-0.4, -0.2) is 22.0 Å². The van der Waals surface area contributed by atoms with Crippen LogP contribution < -0.4 is 14.8 Å². The van der Waals surface area contributed by atoms with Crippen molar-refractivity contribution in [3.05, 3.63) is 70.0 Å². The van der Waals surface area contributed by atoms with Crippen molar-refractivity contribution >= 4 is 17.2 Å². The van der Waals surface area contributed by atoms with Crippen LogP contribution in [-0.2, 0) is 0 Å². The number of hydrogen-bond acceptors (Lipinski definition) is 7. The summed E-state index contributed by atoms with van der Waals surface area (Å²) in [6.07, 6.45) is 1.22. The summed E-state index contributed by atoms with van der Waals surface area (Å²) in [4.78, 5) is 19.1. The van der Waals surface area contributed by atoms with Crippen molar-refractivity contribution < 1.29 is 14.4 Å². The van der Waals surface area contributed by atoms with Gasteiger partial charge in [0.05, 0.1) is 12.0 Å². The van der Waals surface area contributed by atoms with Crippen LogP contribution in [0.15, 0.2) is 48.8 Å². The lowest BCUT2D eigenvalue weighted by molar-refractivity contribution is -0.385. The first-order chi connectivity index (χ1) is 13.0. The Bertz CT molecular complexity index is 974. The summed E-state index contributed by atoms with van der Waals surface area (Å²) in [6, 6.07) is 12.5. The molecule has 0 unspecified atom stereocenters. The monoisotopic (exact) mass is 366 g/mol. The summed E-state index contributed by atoms with van der Waals surface area (Å²) in [5.41, 5.74) is 2.35. The number of aryl methyl sites for hydroxylation is 2. The standard InChI is InChI=1S/C19H18N4O4/c1-12-4-5-13(2)16(10-12)22-18-17(23(24)25)19(21-11-20-18)27-15-8-6-14(26-3)7-9-15/h4-11H,1-3H3,(H,20,21,22). The van der Waals surface area contributed by atoms with Crippen LogP contribution in [0.5, 0.6) is 17.4 Å². The van der Waals surface area contributed by atoms with Crippen molar-refractivity contribution in [3.63, 3.8) is 0 Å². The summed E-state index contributed by atoms with van der Waals surface area (Å²) >= 11 is 0. The van der Waals surface area contributed by atoms with Gasteiger partial charge < -0.3 is 14.8 Å². The van der Waals surface area contributed by atoms with Crippen molar-refractivity contribution in [2.75, 3.05) is 12.4 Å². The van der Waals surface area contributed by atoms with E-state index in [1.165, 1.54) is 6.33 Å². The molecule has 0 fully saturated rings. The van der Waals surface area contributed by atoms with E-state index in [4.69, 9.17) is 9.47 Å². The van der Waals surface area contributed by atoms with Gasteiger partial charge in [0, 0.05) is 5.69 Å². The molecular weight excluding hydrogens is 348 g/mol. The molecule has 0 spiro atoms. The molecule has 0 aliphatic carbocycles. The fourth-order valence-electron chi connectivity index (χ4n) is 2.45. The zero-order valence-electron chi connectivity index (χ0n) is 15.1. The van der Waals surface area contributed by atoms with Crippen LogP contribution in [0.25, 0.3) is 0 Å². The Hall–Kier alpha value is -3.68. The van der Waals surface area contributed by atoms with Gasteiger partial charge in [0.25, 0.3) is 0 Å². The molecule has 8 heteroatoms. The topological polar surface area (TPSA) is 99.4 Å². The third-order valence-corrected chi connectivity index (χ3v) is 3.89. The predicted octanol–water partition coefficient (Wildman–Crippen LogP) is 4.55. The number of nitrogens with one attached hydrogen (secondary N) is 1. The molecule has 138 valence electrons. The summed E-state index contributed by atoms with van der Waals surface area (Å²) in [5, 5.41) is 14.7. The Morgan fingerprint density at radius 2 is 1.74 bits per heavy atom. The first kappa shape index (κ1) is 18.1. The fourth-order valence-corrected chi connectivity index (χ4v) is 2.45. The number of nitro groups is 1. The average Bonchev–Trinajstić information content (AvgIpc) is 2.65. The fraction of sp³-hybridized carbons (Fsp3) is 0.158. The molecular formula is C19H18N4O4. The number of rotatable bonds is 6. The second kappa shape index (κ2) is 7.69. The first-order valence-electron chi connectivity index (χ1n) is 8.13. The normalized spacial score (nSPS) is 10.3. The SMILES string of the molecule is COc1ccc(Oc2ncnc(Nc3cc(C)ccc3C)c2[N+](=O)[O-])cc1. The molecule has 0 amide bonds. The summed E-state index contributed by atoms with van der Waals surface area (Å²) in [7, 11) is 1.55. The van der Waals surface area contributed by atoms with E-state index in [1.54, 1.807) is 31.4 Å². The maximum atomic E-state index is 11.7. The minimum absolute atomic E-state index is 0.0622. The molecule has 0 atom stereocenters. The quantitative estimate of drug-likeness (QED) is 0.505. The van der Waals surface area contributed by atoms with Crippen molar-refractivity contribution in [1.29, 1.82) is 0 Å². The molecule has 1 N–H and O–H groups in total. The van der Waals surface area contributed by atoms with Gasteiger partial charge in [0.15, 0.2) is 0 Å². The Morgan fingerprint density at radius 1 is 1.04 bits per heavy atom. The third-order valence-electron chi connectivity index (χ3n) is 3.89. The molecule has 2 aromatic carbocycles. The highest BCUT2D eigenvalue weighted by atomic mass is 16.6. The minimum atomic E-state index is -0.563. The minimum Gasteiger partial charge on any atom is -0.497 e. The van der Waals surface area contributed by atoms with Crippen LogP contribution in [0, 0.1) is 24.0 Å². The number of anilines is 2. The van der Waals surface area contributed by atoms with Gasteiger partial charge >= 0.3 is 11.6 Å². The molecule has 3 aromatic rings. The molecule has 0 saturated heterocycles. The first-order valence-corrected chi connectivity index (χ1v) is 8.13. The molecule has 1 heterocycles. The molecule has 8 nitrogen and oxygen atoms in total. The molecule has 0 saturated carbocycles. The van der Waals surface area contributed by atoms with E-state index in [0.29, 0.717) is 11.5 Å². The highest BCUT2D eigenvalue weighted by molar-refractivity contribution is 5.70. The van der Waals surface area contributed by atoms with E-state index in [1.807, 2.05) is 32.0 Å². The van der Waals surface area contributed by atoms with E-state index in [-0.39, 0.29) is 17.4 Å². The van der Waals surface area contributed by atoms with Crippen molar-refractivity contribution in [2.45, 2.75) is 13.8 Å². The van der Waals surface area contributed by atoms with E-state index in [9.17, 15) is 10.1 Å². The lowest BCUT2D eigenvalue weighted by Crippen LogP contribution is -2.04. The van der Waals surface area contributed by atoms with E-state index < -0.39 is 4.92 Å². The van der Waals surface area contributed by atoms with Crippen molar-refractivity contribution in [2.24, 2.45) is 0 Å². The van der Waals surface area contributed by atoms with Crippen LogP contribution >= 0.6 is 0 Å². The Kier molecular flexibility index (Phi) is 5.16. The maximum Gasteiger partial charge on any atom is 0.373 e. The number of nitrogens with zero attached hydrogens (tertiary/aromatic N) is 3. The lowest BCUT2D eigenvalue weighted by atomic mass is 10.1. The average molecular weight is 366 g/mol.